The summed E-state index contributed by atoms with van der Waals surface area (Å²) in [6, 6.07) is -0.905. The van der Waals surface area contributed by atoms with E-state index in [1.807, 2.05) is 0 Å². The minimum Gasteiger partial charge on any atom is -0.481 e. The highest BCUT2D eigenvalue weighted by Crippen LogP contribution is 1.99. The summed E-state index contributed by atoms with van der Waals surface area (Å²) in [6.07, 6.45) is 0.176. The van der Waals surface area contributed by atoms with Gasteiger partial charge in [0, 0.05) is 32.4 Å². The summed E-state index contributed by atoms with van der Waals surface area (Å²) >= 11 is 0. The zero-order valence-electron chi connectivity index (χ0n) is 12.4. The van der Waals surface area contributed by atoms with Crippen molar-refractivity contribution in [3.63, 3.8) is 0 Å². The number of rotatable bonds is 11. The molecule has 0 aliphatic carbocycles. The zero-order chi connectivity index (χ0) is 16.3. The van der Waals surface area contributed by atoms with Crippen LogP contribution in [0.2, 0.25) is 0 Å². The number of carboxylic acids is 1. The molecule has 0 fully saturated rings. The van der Waals surface area contributed by atoms with E-state index in [0.29, 0.717) is 6.54 Å². The highest BCUT2D eigenvalue weighted by Gasteiger charge is 2.21. The second-order valence-corrected chi connectivity index (χ2v) is 4.65. The van der Waals surface area contributed by atoms with E-state index in [-0.39, 0.29) is 43.9 Å². The van der Waals surface area contributed by atoms with Gasteiger partial charge in [-0.2, -0.15) is 0 Å². The Hall–Kier alpha value is -1.96. The SMILES string of the molecule is CNCCC(=O)N[C@H](CCC(=O)O)C(=O)NCCC(C)=O. The van der Waals surface area contributed by atoms with Gasteiger partial charge in [0.25, 0.3) is 0 Å². The van der Waals surface area contributed by atoms with E-state index in [0.717, 1.165) is 0 Å². The molecule has 0 unspecified atom stereocenters. The Morgan fingerprint density at radius 1 is 1.05 bits per heavy atom. The number of ketones is 1. The fourth-order valence-corrected chi connectivity index (χ4v) is 1.53. The molecule has 0 rings (SSSR count). The molecule has 0 aliphatic heterocycles. The third-order valence-electron chi connectivity index (χ3n) is 2.68. The van der Waals surface area contributed by atoms with Crippen molar-refractivity contribution in [3.8, 4) is 0 Å². The van der Waals surface area contributed by atoms with Crippen LogP contribution in [0.3, 0.4) is 0 Å². The lowest BCUT2D eigenvalue weighted by Gasteiger charge is -2.17. The maximum Gasteiger partial charge on any atom is 0.303 e. The van der Waals surface area contributed by atoms with Crippen molar-refractivity contribution in [2.24, 2.45) is 0 Å². The van der Waals surface area contributed by atoms with Crippen LogP contribution < -0.4 is 16.0 Å². The molecule has 0 spiro atoms. The largest absolute Gasteiger partial charge is 0.481 e. The van der Waals surface area contributed by atoms with Crippen LogP contribution in [0, 0.1) is 0 Å². The topological polar surface area (TPSA) is 125 Å². The van der Waals surface area contributed by atoms with Crippen LogP contribution in [0.4, 0.5) is 0 Å². The van der Waals surface area contributed by atoms with Crippen LogP contribution in [-0.4, -0.2) is 54.9 Å². The average Bonchev–Trinajstić information content (AvgIpc) is 2.40. The number of nitrogens with one attached hydrogen (secondary N) is 3. The van der Waals surface area contributed by atoms with E-state index in [9.17, 15) is 19.2 Å². The summed E-state index contributed by atoms with van der Waals surface area (Å²) in [6.45, 7) is 2.04. The Kier molecular flexibility index (Phi) is 9.78. The van der Waals surface area contributed by atoms with Crippen molar-refractivity contribution in [3.05, 3.63) is 0 Å². The number of carbonyl (C=O) groups excluding carboxylic acids is 3. The average molecular weight is 301 g/mol. The normalized spacial score (nSPS) is 11.5. The van der Waals surface area contributed by atoms with Crippen molar-refractivity contribution in [1.29, 1.82) is 0 Å². The Bertz CT molecular complexity index is 384. The highest BCUT2D eigenvalue weighted by atomic mass is 16.4. The van der Waals surface area contributed by atoms with E-state index in [1.165, 1.54) is 6.92 Å². The first kappa shape index (κ1) is 19.0. The van der Waals surface area contributed by atoms with Crippen LogP contribution >= 0.6 is 0 Å². The predicted molar refractivity (Wildman–Crippen MR) is 75.7 cm³/mol. The maximum absolute atomic E-state index is 11.9. The number of hydrogen-bond acceptors (Lipinski definition) is 5. The summed E-state index contributed by atoms with van der Waals surface area (Å²) < 4.78 is 0. The molecule has 0 bridgehead atoms. The lowest BCUT2D eigenvalue weighted by atomic mass is 10.1. The fraction of sp³-hybridized carbons (Fsp3) is 0.692. The van der Waals surface area contributed by atoms with E-state index < -0.39 is 17.9 Å². The molecular formula is C13H23N3O5. The molecule has 120 valence electrons. The molecule has 0 radical (unpaired) electrons. The third-order valence-corrected chi connectivity index (χ3v) is 2.68. The van der Waals surface area contributed by atoms with Crippen LogP contribution in [0.15, 0.2) is 0 Å². The van der Waals surface area contributed by atoms with Gasteiger partial charge in [-0.05, 0) is 20.4 Å². The van der Waals surface area contributed by atoms with Crippen LogP contribution in [0.1, 0.15) is 32.6 Å². The number of Topliss-reactive ketones (excluding diaryl/α,β-unsaturated/α-hetero) is 1. The molecule has 2 amide bonds. The van der Waals surface area contributed by atoms with E-state index in [2.05, 4.69) is 16.0 Å². The second kappa shape index (κ2) is 10.8. The number of carbonyl (C=O) groups is 4. The molecule has 0 aromatic rings. The van der Waals surface area contributed by atoms with Crippen molar-refractivity contribution in [2.45, 2.75) is 38.6 Å². The summed E-state index contributed by atoms with van der Waals surface area (Å²) in [5.74, 6) is -1.91. The van der Waals surface area contributed by atoms with E-state index in [1.54, 1.807) is 7.05 Å². The van der Waals surface area contributed by atoms with Crippen molar-refractivity contribution in [2.75, 3.05) is 20.1 Å². The maximum atomic E-state index is 11.9. The quantitative estimate of drug-likeness (QED) is 0.389. The third kappa shape index (κ3) is 10.5. The highest BCUT2D eigenvalue weighted by molar-refractivity contribution is 5.88. The monoisotopic (exact) mass is 301 g/mol. The molecule has 8 heteroatoms. The van der Waals surface area contributed by atoms with Crippen LogP contribution in [0.25, 0.3) is 0 Å². The first-order valence-corrected chi connectivity index (χ1v) is 6.79. The molecule has 4 N–H and O–H groups in total. The molecule has 0 saturated heterocycles. The van der Waals surface area contributed by atoms with Crippen LogP contribution in [-0.2, 0) is 19.2 Å². The molecule has 21 heavy (non-hydrogen) atoms. The molecular weight excluding hydrogens is 278 g/mol. The molecule has 8 nitrogen and oxygen atoms in total. The predicted octanol–water partition coefficient (Wildman–Crippen LogP) is -0.959. The number of amides is 2. The summed E-state index contributed by atoms with van der Waals surface area (Å²) in [5, 5.41) is 16.5. The van der Waals surface area contributed by atoms with Gasteiger partial charge in [0.2, 0.25) is 11.8 Å². The van der Waals surface area contributed by atoms with Gasteiger partial charge in [-0.25, -0.2) is 0 Å². The van der Waals surface area contributed by atoms with Crippen molar-refractivity contribution >= 4 is 23.6 Å². The minimum atomic E-state index is -1.04. The lowest BCUT2D eigenvalue weighted by molar-refractivity contribution is -0.138. The Morgan fingerprint density at radius 3 is 2.24 bits per heavy atom. The first-order valence-electron chi connectivity index (χ1n) is 6.79. The van der Waals surface area contributed by atoms with Gasteiger partial charge in [0.05, 0.1) is 0 Å². The molecule has 0 saturated carbocycles. The van der Waals surface area contributed by atoms with E-state index >= 15 is 0 Å². The Labute approximate surface area is 123 Å². The van der Waals surface area contributed by atoms with Crippen LogP contribution in [0.5, 0.6) is 0 Å². The lowest BCUT2D eigenvalue weighted by Crippen LogP contribution is -2.47. The number of carboxylic acid groups (broad SMARTS) is 1. The van der Waals surface area contributed by atoms with Crippen molar-refractivity contribution < 1.29 is 24.3 Å². The standard InChI is InChI=1S/C13H23N3O5/c1-9(17)5-8-15-13(21)10(3-4-12(19)20)16-11(18)6-7-14-2/h10,14H,3-8H2,1-2H3,(H,15,21)(H,16,18)(H,19,20)/t10-/m1/s1. The Balaban J connectivity index is 4.41. The molecule has 0 aromatic carbocycles. The fourth-order valence-electron chi connectivity index (χ4n) is 1.53. The summed E-state index contributed by atoms with van der Waals surface area (Å²) in [7, 11) is 1.70. The first-order chi connectivity index (χ1) is 9.86. The molecule has 0 aromatic heterocycles. The Morgan fingerprint density at radius 2 is 1.71 bits per heavy atom. The number of hydrogen-bond donors (Lipinski definition) is 4. The minimum absolute atomic E-state index is 0.00648. The summed E-state index contributed by atoms with van der Waals surface area (Å²) in [5.41, 5.74) is 0. The van der Waals surface area contributed by atoms with Gasteiger partial charge in [-0.3, -0.25) is 19.2 Å². The zero-order valence-corrected chi connectivity index (χ0v) is 12.4. The van der Waals surface area contributed by atoms with Crippen molar-refractivity contribution in [1.82, 2.24) is 16.0 Å². The smallest absolute Gasteiger partial charge is 0.303 e. The van der Waals surface area contributed by atoms with E-state index in [4.69, 9.17) is 5.11 Å². The second-order valence-electron chi connectivity index (χ2n) is 4.65. The van der Waals surface area contributed by atoms with Gasteiger partial charge >= 0.3 is 5.97 Å². The van der Waals surface area contributed by atoms with Gasteiger partial charge in [0.15, 0.2) is 0 Å². The molecule has 0 aliphatic rings. The number of aliphatic carboxylic acids is 1. The van der Waals surface area contributed by atoms with Gasteiger partial charge in [-0.1, -0.05) is 0 Å². The molecule has 1 atom stereocenters. The molecule has 0 heterocycles. The van der Waals surface area contributed by atoms with Gasteiger partial charge in [-0.15, -0.1) is 0 Å². The summed E-state index contributed by atoms with van der Waals surface area (Å²) in [4.78, 5) is 44.9. The van der Waals surface area contributed by atoms with Gasteiger partial charge < -0.3 is 21.1 Å². The van der Waals surface area contributed by atoms with Gasteiger partial charge in [0.1, 0.15) is 11.8 Å².